The van der Waals surface area contributed by atoms with Crippen molar-refractivity contribution in [1.82, 2.24) is 10.2 Å². The molecule has 1 aromatic carbocycles. The molecule has 0 radical (unpaired) electrons. The maximum atomic E-state index is 12.1. The predicted molar refractivity (Wildman–Crippen MR) is 91.6 cm³/mol. The summed E-state index contributed by atoms with van der Waals surface area (Å²) in [6.07, 6.45) is 5.52. The molecule has 3 rings (SSSR count). The van der Waals surface area contributed by atoms with Crippen LogP contribution in [0, 0.1) is 0 Å². The molecule has 1 aliphatic carbocycles. The molecule has 1 fully saturated rings. The molecule has 5 nitrogen and oxygen atoms in total. The number of anilines is 1. The van der Waals surface area contributed by atoms with Crippen molar-refractivity contribution in [1.29, 1.82) is 0 Å². The maximum absolute atomic E-state index is 12.1. The monoisotopic (exact) mass is 353 g/mol. The van der Waals surface area contributed by atoms with E-state index in [4.69, 9.17) is 33.7 Å². The Morgan fingerprint density at radius 3 is 2.43 bits per heavy atom. The smallest absolute Gasteiger partial charge is 0.267 e. The molecule has 2 aromatic rings. The van der Waals surface area contributed by atoms with Gasteiger partial charge in [0.05, 0.1) is 10.0 Å². The highest BCUT2D eigenvalue weighted by molar-refractivity contribution is 6.37. The molecule has 1 aromatic heterocycles. The molecule has 0 unspecified atom stereocenters. The largest absolute Gasteiger partial charge is 0.434 e. The van der Waals surface area contributed by atoms with Crippen molar-refractivity contribution >= 4 is 28.9 Å². The van der Waals surface area contributed by atoms with Gasteiger partial charge in [-0.15, -0.1) is 5.10 Å². The fourth-order valence-corrected chi connectivity index (χ4v) is 3.53. The molecule has 0 bridgehead atoms. The van der Waals surface area contributed by atoms with Crippen LogP contribution in [0.1, 0.15) is 43.6 Å². The molecule has 0 saturated heterocycles. The Labute approximate surface area is 143 Å². The summed E-state index contributed by atoms with van der Waals surface area (Å²) in [7, 11) is 0. The lowest BCUT2D eigenvalue weighted by Gasteiger charge is -2.21. The van der Waals surface area contributed by atoms with Crippen molar-refractivity contribution in [2.45, 2.75) is 38.0 Å². The Hall–Kier alpha value is -1.72. The lowest BCUT2D eigenvalue weighted by atomic mass is 9.85. The van der Waals surface area contributed by atoms with Crippen molar-refractivity contribution in [2.75, 3.05) is 5.73 Å². The van der Waals surface area contributed by atoms with Crippen LogP contribution in [0.25, 0.3) is 0 Å². The zero-order valence-corrected chi connectivity index (χ0v) is 14.0. The first kappa shape index (κ1) is 16.1. The average Bonchev–Trinajstić information content (AvgIpc) is 2.53. The highest BCUT2D eigenvalue weighted by Crippen LogP contribution is 2.38. The Morgan fingerprint density at radius 2 is 1.78 bits per heavy atom. The third kappa shape index (κ3) is 3.62. The molecule has 1 aliphatic rings. The van der Waals surface area contributed by atoms with E-state index in [1.165, 1.54) is 6.42 Å². The van der Waals surface area contributed by atoms with Gasteiger partial charge in [0.25, 0.3) is 5.56 Å². The lowest BCUT2D eigenvalue weighted by Crippen LogP contribution is -2.19. The van der Waals surface area contributed by atoms with Crippen LogP contribution >= 0.6 is 23.2 Å². The molecule has 0 aliphatic heterocycles. The van der Waals surface area contributed by atoms with E-state index in [1.54, 1.807) is 18.2 Å². The lowest BCUT2D eigenvalue weighted by molar-refractivity contribution is 0.427. The van der Waals surface area contributed by atoms with Crippen LogP contribution in [-0.2, 0) is 0 Å². The zero-order chi connectivity index (χ0) is 16.4. The number of nitrogens with one attached hydrogen (secondary N) is 1. The van der Waals surface area contributed by atoms with Gasteiger partial charge in [-0.2, -0.15) is 0 Å². The molecule has 0 spiro atoms. The van der Waals surface area contributed by atoms with E-state index in [1.807, 2.05) is 0 Å². The number of nitrogens with zero attached hydrogens (tertiary/aromatic N) is 1. The van der Waals surface area contributed by atoms with E-state index in [2.05, 4.69) is 10.2 Å². The van der Waals surface area contributed by atoms with Gasteiger partial charge in [0.2, 0.25) is 5.88 Å². The number of H-pyrrole nitrogens is 1. The van der Waals surface area contributed by atoms with E-state index < -0.39 is 0 Å². The molecule has 23 heavy (non-hydrogen) atoms. The van der Waals surface area contributed by atoms with Gasteiger partial charge in [0.15, 0.2) is 5.75 Å². The van der Waals surface area contributed by atoms with E-state index in [-0.39, 0.29) is 23.1 Å². The van der Waals surface area contributed by atoms with Crippen LogP contribution in [0.4, 0.5) is 5.69 Å². The predicted octanol–water partition coefficient (Wildman–Crippen LogP) is 4.50. The first-order chi connectivity index (χ1) is 11.0. The number of benzene rings is 1. The number of aromatic amines is 1. The Morgan fingerprint density at radius 1 is 1.13 bits per heavy atom. The number of ether oxygens (including phenoxy) is 1. The fraction of sp³-hybridized carbons (Fsp3) is 0.375. The van der Waals surface area contributed by atoms with Crippen molar-refractivity contribution in [3.63, 3.8) is 0 Å². The third-order valence-corrected chi connectivity index (χ3v) is 4.64. The van der Waals surface area contributed by atoms with Crippen molar-refractivity contribution in [2.24, 2.45) is 0 Å². The Balaban J connectivity index is 1.91. The first-order valence-corrected chi connectivity index (χ1v) is 8.32. The SMILES string of the molecule is Nc1cc(Cl)c(Oc2cc(C3CCCCC3)c(=O)[nH]n2)c(Cl)c1. The van der Waals surface area contributed by atoms with Crippen LogP contribution < -0.4 is 16.0 Å². The molecule has 1 saturated carbocycles. The van der Waals surface area contributed by atoms with Crippen LogP contribution in [0.2, 0.25) is 10.0 Å². The minimum Gasteiger partial charge on any atom is -0.434 e. The highest BCUT2D eigenvalue weighted by Gasteiger charge is 2.20. The van der Waals surface area contributed by atoms with E-state index in [0.717, 1.165) is 25.7 Å². The van der Waals surface area contributed by atoms with Gasteiger partial charge >= 0.3 is 0 Å². The second-order valence-electron chi connectivity index (χ2n) is 5.74. The summed E-state index contributed by atoms with van der Waals surface area (Å²) in [5, 5.41) is 7.01. The molecule has 1 heterocycles. The average molecular weight is 354 g/mol. The quantitative estimate of drug-likeness (QED) is 0.796. The van der Waals surface area contributed by atoms with Gasteiger partial charge in [-0.05, 0) is 30.9 Å². The van der Waals surface area contributed by atoms with Crippen LogP contribution in [0.5, 0.6) is 11.6 Å². The summed E-state index contributed by atoms with van der Waals surface area (Å²) < 4.78 is 5.68. The number of hydrogen-bond donors (Lipinski definition) is 2. The standard InChI is InChI=1S/C16H17Cl2N3O2/c17-12-6-10(19)7-13(18)15(12)23-14-8-11(16(22)21-20-14)9-4-2-1-3-5-9/h6-9H,1-5,19H2,(H,21,22). The molecule has 7 heteroatoms. The third-order valence-electron chi connectivity index (χ3n) is 4.08. The molecular weight excluding hydrogens is 337 g/mol. The number of nitrogen functional groups attached to an aromatic ring is 1. The Bertz CT molecular complexity index is 747. The summed E-state index contributed by atoms with van der Waals surface area (Å²) in [6.45, 7) is 0. The van der Waals surface area contributed by atoms with Crippen molar-refractivity contribution < 1.29 is 4.74 Å². The number of halogens is 2. The van der Waals surface area contributed by atoms with Gasteiger partial charge in [-0.1, -0.05) is 42.5 Å². The number of rotatable bonds is 3. The summed E-state index contributed by atoms with van der Waals surface area (Å²) >= 11 is 12.2. The fourth-order valence-electron chi connectivity index (χ4n) is 2.95. The molecule has 122 valence electrons. The van der Waals surface area contributed by atoms with Crippen molar-refractivity contribution in [3.8, 4) is 11.6 Å². The minimum absolute atomic E-state index is 0.168. The highest BCUT2D eigenvalue weighted by atomic mass is 35.5. The molecular formula is C16H17Cl2N3O2. The second-order valence-corrected chi connectivity index (χ2v) is 6.56. The zero-order valence-electron chi connectivity index (χ0n) is 12.4. The van der Waals surface area contributed by atoms with E-state index in [9.17, 15) is 4.79 Å². The van der Waals surface area contributed by atoms with Gasteiger partial charge in [0, 0.05) is 17.3 Å². The summed E-state index contributed by atoms with van der Waals surface area (Å²) in [6, 6.07) is 4.78. The molecule has 0 atom stereocenters. The van der Waals surface area contributed by atoms with Gasteiger partial charge < -0.3 is 10.5 Å². The van der Waals surface area contributed by atoms with Crippen LogP contribution in [0.15, 0.2) is 23.0 Å². The first-order valence-electron chi connectivity index (χ1n) is 7.56. The summed E-state index contributed by atoms with van der Waals surface area (Å²) in [5.41, 5.74) is 6.66. The normalized spacial score (nSPS) is 15.6. The Kier molecular flexibility index (Phi) is 4.78. The molecule has 0 amide bonds. The number of nitrogens with two attached hydrogens (primary N) is 1. The van der Waals surface area contributed by atoms with Gasteiger partial charge in [-0.25, -0.2) is 5.10 Å². The second kappa shape index (κ2) is 6.81. The number of hydrogen-bond acceptors (Lipinski definition) is 4. The summed E-state index contributed by atoms with van der Waals surface area (Å²) in [5.74, 6) is 0.783. The number of aromatic nitrogens is 2. The van der Waals surface area contributed by atoms with Gasteiger partial charge in [0.1, 0.15) is 0 Å². The van der Waals surface area contributed by atoms with E-state index in [0.29, 0.717) is 21.3 Å². The summed E-state index contributed by atoms with van der Waals surface area (Å²) in [4.78, 5) is 12.1. The van der Waals surface area contributed by atoms with Gasteiger partial charge in [-0.3, -0.25) is 4.79 Å². The molecule has 3 N–H and O–H groups in total. The van der Waals surface area contributed by atoms with Crippen LogP contribution in [-0.4, -0.2) is 10.2 Å². The van der Waals surface area contributed by atoms with E-state index >= 15 is 0 Å². The van der Waals surface area contributed by atoms with Crippen LogP contribution in [0.3, 0.4) is 0 Å². The maximum Gasteiger partial charge on any atom is 0.267 e. The van der Waals surface area contributed by atoms with Crippen molar-refractivity contribution in [3.05, 3.63) is 44.2 Å². The minimum atomic E-state index is -0.168. The topological polar surface area (TPSA) is 81.0 Å².